The lowest BCUT2D eigenvalue weighted by Crippen LogP contribution is -2.21. The number of nitrogens with one attached hydrogen (secondary N) is 1. The third kappa shape index (κ3) is 3.74. The molecule has 2 atom stereocenters. The summed E-state index contributed by atoms with van der Waals surface area (Å²) in [4.78, 5) is 0. The third-order valence-corrected chi connectivity index (χ3v) is 3.94. The highest BCUT2D eigenvalue weighted by atomic mass is 16.5. The molecule has 0 amide bonds. The van der Waals surface area contributed by atoms with Crippen molar-refractivity contribution in [3.05, 3.63) is 29.8 Å². The quantitative estimate of drug-likeness (QED) is 0.846. The smallest absolute Gasteiger partial charge is 0.0733 e. The summed E-state index contributed by atoms with van der Waals surface area (Å²) in [5.74, 6) is 1.74. The molecule has 0 radical (unpaired) electrons. The molecule has 1 aromatic rings. The minimum atomic E-state index is 0.685. The van der Waals surface area contributed by atoms with Crippen molar-refractivity contribution in [2.75, 3.05) is 19.0 Å². The lowest BCUT2D eigenvalue weighted by atomic mass is 9.82. The molecule has 0 aliphatic heterocycles. The van der Waals surface area contributed by atoms with E-state index in [2.05, 4.69) is 36.5 Å². The Balaban J connectivity index is 1.89. The molecular weight excluding hydrogens is 222 g/mol. The van der Waals surface area contributed by atoms with Crippen LogP contribution in [0.4, 0.5) is 5.69 Å². The predicted molar refractivity (Wildman–Crippen MR) is 76.8 cm³/mol. The summed E-state index contributed by atoms with van der Waals surface area (Å²) in [6.45, 7) is 4.17. The highest BCUT2D eigenvalue weighted by Crippen LogP contribution is 2.29. The van der Waals surface area contributed by atoms with E-state index in [-0.39, 0.29) is 0 Å². The molecule has 1 aromatic carbocycles. The fourth-order valence-corrected chi connectivity index (χ4v) is 2.97. The molecule has 2 heteroatoms. The maximum atomic E-state index is 5.24. The topological polar surface area (TPSA) is 21.3 Å². The fourth-order valence-electron chi connectivity index (χ4n) is 2.97. The van der Waals surface area contributed by atoms with Gasteiger partial charge in [0.15, 0.2) is 0 Å². The van der Waals surface area contributed by atoms with Crippen molar-refractivity contribution in [2.45, 2.75) is 39.2 Å². The number of para-hydroxylation sites is 1. The molecular formula is C16H25NO. The van der Waals surface area contributed by atoms with E-state index in [9.17, 15) is 0 Å². The van der Waals surface area contributed by atoms with Gasteiger partial charge in [-0.3, -0.25) is 0 Å². The SMILES string of the molecule is COCc1ccccc1NCC1CCCC(C)C1. The van der Waals surface area contributed by atoms with Gasteiger partial charge >= 0.3 is 0 Å². The van der Waals surface area contributed by atoms with Gasteiger partial charge in [0.25, 0.3) is 0 Å². The van der Waals surface area contributed by atoms with E-state index >= 15 is 0 Å². The Morgan fingerprint density at radius 3 is 2.89 bits per heavy atom. The van der Waals surface area contributed by atoms with Crippen LogP contribution in [-0.4, -0.2) is 13.7 Å². The highest BCUT2D eigenvalue weighted by Gasteiger charge is 2.18. The minimum absolute atomic E-state index is 0.685. The van der Waals surface area contributed by atoms with Gasteiger partial charge in [-0.25, -0.2) is 0 Å². The zero-order valence-electron chi connectivity index (χ0n) is 11.6. The average Bonchev–Trinajstić information content (AvgIpc) is 2.38. The molecule has 0 aromatic heterocycles. The number of rotatable bonds is 5. The van der Waals surface area contributed by atoms with E-state index in [0.717, 1.165) is 18.4 Å². The molecule has 0 spiro atoms. The first-order valence-electron chi connectivity index (χ1n) is 7.10. The summed E-state index contributed by atoms with van der Waals surface area (Å²) in [7, 11) is 1.75. The Hall–Kier alpha value is -1.02. The molecule has 2 nitrogen and oxygen atoms in total. The Morgan fingerprint density at radius 2 is 2.11 bits per heavy atom. The van der Waals surface area contributed by atoms with Gasteiger partial charge in [0.1, 0.15) is 0 Å². The molecule has 0 saturated heterocycles. The van der Waals surface area contributed by atoms with Crippen molar-refractivity contribution in [1.82, 2.24) is 0 Å². The molecule has 100 valence electrons. The van der Waals surface area contributed by atoms with E-state index in [1.165, 1.54) is 36.9 Å². The maximum Gasteiger partial charge on any atom is 0.0733 e. The summed E-state index contributed by atoms with van der Waals surface area (Å²) in [5.41, 5.74) is 2.49. The summed E-state index contributed by atoms with van der Waals surface area (Å²) in [6, 6.07) is 8.45. The Morgan fingerprint density at radius 1 is 1.28 bits per heavy atom. The van der Waals surface area contributed by atoms with E-state index in [4.69, 9.17) is 4.74 Å². The summed E-state index contributed by atoms with van der Waals surface area (Å²) >= 11 is 0. The highest BCUT2D eigenvalue weighted by molar-refractivity contribution is 5.50. The second-order valence-corrected chi connectivity index (χ2v) is 5.61. The Labute approximate surface area is 111 Å². The van der Waals surface area contributed by atoms with Crippen molar-refractivity contribution in [1.29, 1.82) is 0 Å². The van der Waals surface area contributed by atoms with Gasteiger partial charge in [0.2, 0.25) is 0 Å². The monoisotopic (exact) mass is 247 g/mol. The Kier molecular flexibility index (Phi) is 5.06. The summed E-state index contributed by atoms with van der Waals surface area (Å²) < 4.78 is 5.24. The fraction of sp³-hybridized carbons (Fsp3) is 0.625. The lowest BCUT2D eigenvalue weighted by molar-refractivity contribution is 0.185. The summed E-state index contributed by atoms with van der Waals surface area (Å²) in [5, 5.41) is 3.61. The first-order chi connectivity index (χ1) is 8.79. The van der Waals surface area contributed by atoms with E-state index < -0.39 is 0 Å². The van der Waals surface area contributed by atoms with Crippen LogP contribution in [0.25, 0.3) is 0 Å². The van der Waals surface area contributed by atoms with Crippen LogP contribution in [0, 0.1) is 11.8 Å². The van der Waals surface area contributed by atoms with Gasteiger partial charge in [-0.15, -0.1) is 0 Å². The van der Waals surface area contributed by atoms with E-state index in [1.807, 2.05) is 0 Å². The average molecular weight is 247 g/mol. The molecule has 1 N–H and O–H groups in total. The molecule has 1 saturated carbocycles. The zero-order chi connectivity index (χ0) is 12.8. The number of benzene rings is 1. The molecule has 1 aliphatic rings. The molecule has 1 fully saturated rings. The van der Waals surface area contributed by atoms with Crippen LogP contribution in [0.3, 0.4) is 0 Å². The molecule has 1 aliphatic carbocycles. The van der Waals surface area contributed by atoms with Gasteiger partial charge in [0.05, 0.1) is 6.61 Å². The summed E-state index contributed by atoms with van der Waals surface area (Å²) in [6.07, 6.45) is 5.56. The van der Waals surface area contributed by atoms with Crippen molar-refractivity contribution in [3.63, 3.8) is 0 Å². The van der Waals surface area contributed by atoms with Crippen molar-refractivity contribution < 1.29 is 4.74 Å². The number of hydrogen-bond donors (Lipinski definition) is 1. The Bertz CT molecular complexity index is 364. The lowest BCUT2D eigenvalue weighted by Gasteiger charge is -2.27. The number of ether oxygens (including phenoxy) is 1. The van der Waals surface area contributed by atoms with Crippen molar-refractivity contribution in [3.8, 4) is 0 Å². The van der Waals surface area contributed by atoms with Crippen LogP contribution in [0.15, 0.2) is 24.3 Å². The van der Waals surface area contributed by atoms with Crippen LogP contribution < -0.4 is 5.32 Å². The van der Waals surface area contributed by atoms with Crippen LogP contribution >= 0.6 is 0 Å². The zero-order valence-corrected chi connectivity index (χ0v) is 11.6. The standard InChI is InChI=1S/C16H25NO/c1-13-6-5-7-14(10-13)11-17-16-9-4-3-8-15(16)12-18-2/h3-4,8-9,13-14,17H,5-7,10-12H2,1-2H3. The predicted octanol–water partition coefficient (Wildman–Crippen LogP) is 4.07. The number of anilines is 1. The van der Waals surface area contributed by atoms with Gasteiger partial charge in [-0.2, -0.15) is 0 Å². The van der Waals surface area contributed by atoms with Gasteiger partial charge in [0, 0.05) is 24.9 Å². The third-order valence-electron chi connectivity index (χ3n) is 3.94. The molecule has 0 heterocycles. The molecule has 18 heavy (non-hydrogen) atoms. The molecule has 2 unspecified atom stereocenters. The minimum Gasteiger partial charge on any atom is -0.384 e. The van der Waals surface area contributed by atoms with Gasteiger partial charge in [-0.1, -0.05) is 38.0 Å². The second-order valence-electron chi connectivity index (χ2n) is 5.61. The second kappa shape index (κ2) is 6.79. The van der Waals surface area contributed by atoms with Crippen LogP contribution in [-0.2, 0) is 11.3 Å². The van der Waals surface area contributed by atoms with E-state index in [0.29, 0.717) is 6.61 Å². The first kappa shape index (κ1) is 13.4. The van der Waals surface area contributed by atoms with E-state index in [1.54, 1.807) is 7.11 Å². The normalized spacial score (nSPS) is 23.9. The van der Waals surface area contributed by atoms with Crippen LogP contribution in [0.2, 0.25) is 0 Å². The number of hydrogen-bond acceptors (Lipinski definition) is 2. The number of methoxy groups -OCH3 is 1. The van der Waals surface area contributed by atoms with Gasteiger partial charge < -0.3 is 10.1 Å². The van der Waals surface area contributed by atoms with Crippen LogP contribution in [0.1, 0.15) is 38.2 Å². The maximum absolute atomic E-state index is 5.24. The molecule has 2 rings (SSSR count). The van der Waals surface area contributed by atoms with Crippen molar-refractivity contribution >= 4 is 5.69 Å². The van der Waals surface area contributed by atoms with Crippen molar-refractivity contribution in [2.24, 2.45) is 11.8 Å². The first-order valence-corrected chi connectivity index (χ1v) is 7.10. The van der Waals surface area contributed by atoms with Gasteiger partial charge in [-0.05, 0) is 30.7 Å². The molecule has 0 bridgehead atoms. The van der Waals surface area contributed by atoms with Crippen LogP contribution in [0.5, 0.6) is 0 Å². The largest absolute Gasteiger partial charge is 0.384 e.